The first kappa shape index (κ1) is 11.0. The average molecular weight is 233 g/mol. The Morgan fingerprint density at radius 2 is 2.50 bits per heavy atom. The van der Waals surface area contributed by atoms with Crippen molar-refractivity contribution in [2.75, 3.05) is 11.9 Å². The lowest BCUT2D eigenvalue weighted by Crippen LogP contribution is -2.09. The van der Waals surface area contributed by atoms with Gasteiger partial charge in [0.05, 0.1) is 0 Å². The van der Waals surface area contributed by atoms with Gasteiger partial charge in [-0.2, -0.15) is 11.3 Å². The van der Waals surface area contributed by atoms with Gasteiger partial charge in [0.2, 0.25) is 5.95 Å². The number of thiophene rings is 1. The fourth-order valence-electron chi connectivity index (χ4n) is 1.52. The third-order valence-electron chi connectivity index (χ3n) is 2.32. The van der Waals surface area contributed by atoms with Crippen LogP contribution in [0.1, 0.15) is 5.56 Å². The minimum absolute atomic E-state index is 0.792. The van der Waals surface area contributed by atoms with Gasteiger partial charge in [0.15, 0.2) is 0 Å². The summed E-state index contributed by atoms with van der Waals surface area (Å²) >= 11 is 1.74. The molecule has 0 unspecified atom stereocenters. The number of hydrogen-bond donors (Lipinski definition) is 1. The number of imidazole rings is 1. The molecule has 0 spiro atoms. The molecule has 16 heavy (non-hydrogen) atoms. The second-order valence-electron chi connectivity index (χ2n) is 3.50. The molecule has 0 saturated heterocycles. The topological polar surface area (TPSA) is 29.9 Å². The van der Waals surface area contributed by atoms with E-state index in [0.29, 0.717) is 0 Å². The van der Waals surface area contributed by atoms with Crippen LogP contribution in [0.3, 0.4) is 0 Å². The van der Waals surface area contributed by atoms with E-state index in [2.05, 4.69) is 33.7 Å². The molecule has 3 nitrogen and oxygen atoms in total. The Balaban J connectivity index is 1.84. The van der Waals surface area contributed by atoms with Gasteiger partial charge >= 0.3 is 0 Å². The van der Waals surface area contributed by atoms with E-state index in [0.717, 1.165) is 25.5 Å². The van der Waals surface area contributed by atoms with E-state index in [1.54, 1.807) is 17.5 Å². The molecule has 2 heterocycles. The third kappa shape index (κ3) is 2.73. The van der Waals surface area contributed by atoms with E-state index in [-0.39, 0.29) is 0 Å². The van der Waals surface area contributed by atoms with Crippen molar-refractivity contribution in [1.82, 2.24) is 9.55 Å². The maximum atomic E-state index is 4.26. The van der Waals surface area contributed by atoms with Crippen LogP contribution in [-0.2, 0) is 13.0 Å². The van der Waals surface area contributed by atoms with Crippen molar-refractivity contribution in [2.45, 2.75) is 13.0 Å². The second-order valence-corrected chi connectivity index (χ2v) is 4.28. The summed E-state index contributed by atoms with van der Waals surface area (Å²) in [4.78, 5) is 4.26. The zero-order chi connectivity index (χ0) is 11.2. The maximum Gasteiger partial charge on any atom is 0.203 e. The third-order valence-corrected chi connectivity index (χ3v) is 3.05. The lowest BCUT2D eigenvalue weighted by Gasteiger charge is -2.07. The van der Waals surface area contributed by atoms with Gasteiger partial charge in [-0.05, 0) is 28.8 Å². The first-order chi connectivity index (χ1) is 7.90. The van der Waals surface area contributed by atoms with Crippen LogP contribution in [-0.4, -0.2) is 16.1 Å². The number of nitrogens with zero attached hydrogens (tertiary/aromatic N) is 2. The Labute approximate surface area is 99.5 Å². The Bertz CT molecular complexity index is 431. The van der Waals surface area contributed by atoms with E-state index < -0.39 is 0 Å². The minimum Gasteiger partial charge on any atom is -0.355 e. The van der Waals surface area contributed by atoms with Gasteiger partial charge in [0.1, 0.15) is 0 Å². The van der Waals surface area contributed by atoms with Crippen LogP contribution < -0.4 is 5.32 Å². The molecule has 0 radical (unpaired) electrons. The van der Waals surface area contributed by atoms with Crippen molar-refractivity contribution in [3.63, 3.8) is 0 Å². The minimum atomic E-state index is 0.792. The molecule has 0 fully saturated rings. The van der Waals surface area contributed by atoms with Crippen LogP contribution in [0.15, 0.2) is 41.9 Å². The van der Waals surface area contributed by atoms with Crippen molar-refractivity contribution in [3.8, 4) is 0 Å². The normalized spacial score (nSPS) is 10.2. The highest BCUT2D eigenvalue weighted by Gasteiger charge is 2.00. The van der Waals surface area contributed by atoms with Gasteiger partial charge in [-0.15, -0.1) is 6.58 Å². The van der Waals surface area contributed by atoms with Gasteiger partial charge < -0.3 is 9.88 Å². The molecule has 2 rings (SSSR count). The van der Waals surface area contributed by atoms with Crippen LogP contribution in [0.5, 0.6) is 0 Å². The number of rotatable bonds is 6. The number of nitrogens with one attached hydrogen (secondary N) is 1. The molecule has 2 aromatic heterocycles. The monoisotopic (exact) mass is 233 g/mol. The summed E-state index contributed by atoms with van der Waals surface area (Å²) in [5.41, 5.74) is 1.37. The quantitative estimate of drug-likeness (QED) is 0.777. The molecule has 84 valence electrons. The Morgan fingerprint density at radius 3 is 3.25 bits per heavy atom. The van der Waals surface area contributed by atoms with E-state index >= 15 is 0 Å². The van der Waals surface area contributed by atoms with E-state index in [4.69, 9.17) is 0 Å². The summed E-state index contributed by atoms with van der Waals surface area (Å²) in [6, 6.07) is 2.16. The maximum absolute atomic E-state index is 4.26. The first-order valence-electron chi connectivity index (χ1n) is 5.27. The van der Waals surface area contributed by atoms with Crippen molar-refractivity contribution in [1.29, 1.82) is 0 Å². The zero-order valence-electron chi connectivity index (χ0n) is 9.10. The van der Waals surface area contributed by atoms with Crippen LogP contribution in [0.25, 0.3) is 0 Å². The predicted molar refractivity (Wildman–Crippen MR) is 68.9 cm³/mol. The van der Waals surface area contributed by atoms with E-state index in [1.165, 1.54) is 5.56 Å². The summed E-state index contributed by atoms with van der Waals surface area (Å²) in [6.45, 7) is 5.42. The number of hydrogen-bond acceptors (Lipinski definition) is 3. The molecule has 0 atom stereocenters. The number of aromatic nitrogens is 2. The van der Waals surface area contributed by atoms with E-state index in [1.807, 2.05) is 16.8 Å². The molecule has 0 bridgehead atoms. The highest BCUT2D eigenvalue weighted by molar-refractivity contribution is 7.07. The molecule has 4 heteroatoms. The molecular formula is C12H15N3S. The molecule has 1 N–H and O–H groups in total. The summed E-state index contributed by atoms with van der Waals surface area (Å²) in [5, 5.41) is 7.61. The highest BCUT2D eigenvalue weighted by Crippen LogP contribution is 2.08. The largest absolute Gasteiger partial charge is 0.355 e. The zero-order valence-corrected chi connectivity index (χ0v) is 9.91. The van der Waals surface area contributed by atoms with Crippen molar-refractivity contribution >= 4 is 17.3 Å². The van der Waals surface area contributed by atoms with Crippen molar-refractivity contribution in [3.05, 3.63) is 47.4 Å². The smallest absolute Gasteiger partial charge is 0.203 e. The predicted octanol–water partition coefficient (Wildman–Crippen LogP) is 2.79. The fraction of sp³-hybridized carbons (Fsp3) is 0.250. The summed E-state index contributed by atoms with van der Waals surface area (Å²) in [5.74, 6) is 0.912. The first-order valence-corrected chi connectivity index (χ1v) is 6.21. The van der Waals surface area contributed by atoms with Crippen LogP contribution in [0, 0.1) is 0 Å². The lowest BCUT2D eigenvalue weighted by atomic mass is 10.2. The molecule has 0 aliphatic rings. The molecule has 0 amide bonds. The van der Waals surface area contributed by atoms with Gasteiger partial charge in [0, 0.05) is 25.5 Å². The molecule has 0 aliphatic carbocycles. The molecule has 2 aromatic rings. The van der Waals surface area contributed by atoms with Crippen molar-refractivity contribution < 1.29 is 0 Å². The molecule has 0 aliphatic heterocycles. The molecular weight excluding hydrogens is 218 g/mol. The Morgan fingerprint density at radius 1 is 1.56 bits per heavy atom. The van der Waals surface area contributed by atoms with Crippen molar-refractivity contribution in [2.24, 2.45) is 0 Å². The molecule has 0 aromatic carbocycles. The van der Waals surface area contributed by atoms with Gasteiger partial charge in [-0.1, -0.05) is 6.08 Å². The van der Waals surface area contributed by atoms with Gasteiger partial charge in [-0.25, -0.2) is 4.98 Å². The van der Waals surface area contributed by atoms with Gasteiger partial charge in [0.25, 0.3) is 0 Å². The van der Waals surface area contributed by atoms with E-state index in [9.17, 15) is 0 Å². The molecule has 0 saturated carbocycles. The Kier molecular flexibility index (Phi) is 3.77. The standard InChI is InChI=1S/C12H15N3S/c1-2-7-15-8-6-14-12(15)13-5-3-11-4-9-16-10-11/h2,4,6,8-10H,1,3,5,7H2,(H,13,14). The summed E-state index contributed by atoms with van der Waals surface area (Å²) in [7, 11) is 0. The second kappa shape index (κ2) is 5.51. The van der Waals surface area contributed by atoms with Crippen LogP contribution >= 0.6 is 11.3 Å². The average Bonchev–Trinajstić information content (AvgIpc) is 2.91. The lowest BCUT2D eigenvalue weighted by molar-refractivity contribution is 0.817. The van der Waals surface area contributed by atoms with Crippen LogP contribution in [0.2, 0.25) is 0 Å². The number of anilines is 1. The summed E-state index contributed by atoms with van der Waals surface area (Å²) in [6.07, 6.45) is 6.65. The van der Waals surface area contributed by atoms with Crippen LogP contribution in [0.4, 0.5) is 5.95 Å². The Hall–Kier alpha value is -1.55. The highest BCUT2D eigenvalue weighted by atomic mass is 32.1. The fourth-order valence-corrected chi connectivity index (χ4v) is 2.22. The van der Waals surface area contributed by atoms with Gasteiger partial charge in [-0.3, -0.25) is 0 Å². The number of allylic oxidation sites excluding steroid dienone is 1. The SMILES string of the molecule is C=CCn1ccnc1NCCc1ccsc1. The summed E-state index contributed by atoms with van der Waals surface area (Å²) < 4.78 is 2.04.